The van der Waals surface area contributed by atoms with Crippen LogP contribution in [0.4, 0.5) is 0 Å². The van der Waals surface area contributed by atoms with Gasteiger partial charge in [0.15, 0.2) is 0 Å². The van der Waals surface area contributed by atoms with Crippen LogP contribution < -0.4 is 5.32 Å². The zero-order valence-corrected chi connectivity index (χ0v) is 9.93. The number of hydrogen-bond donors (Lipinski definition) is 1. The summed E-state index contributed by atoms with van der Waals surface area (Å²) in [7, 11) is 3.09. The summed E-state index contributed by atoms with van der Waals surface area (Å²) in [5, 5.41) is 3.49. The number of halogens is 1. The minimum atomic E-state index is -0.369. The molecule has 0 aromatic heterocycles. The van der Waals surface area contributed by atoms with E-state index in [0.29, 0.717) is 16.6 Å². The fourth-order valence-electron chi connectivity index (χ4n) is 0.916. The number of carbonyl (C=O) groups is 1. The summed E-state index contributed by atoms with van der Waals surface area (Å²) < 4.78 is 4.65. The first kappa shape index (κ1) is 13.0. The van der Waals surface area contributed by atoms with Crippen LogP contribution in [0.25, 0.3) is 0 Å². The standard InChI is InChI=1S/C10H14BrNO2/c1-4-5-9(12-2)8(6-7-11)10(13)14-3/h4-6,12H,1,7H2,2-3H3/b8-6+,9-5+. The molecule has 0 heterocycles. The number of alkyl halides is 1. The molecule has 0 aliphatic carbocycles. The van der Waals surface area contributed by atoms with E-state index < -0.39 is 0 Å². The van der Waals surface area contributed by atoms with Gasteiger partial charge in [0.1, 0.15) is 0 Å². The van der Waals surface area contributed by atoms with Crippen molar-refractivity contribution in [3.8, 4) is 0 Å². The van der Waals surface area contributed by atoms with Crippen LogP contribution in [-0.2, 0) is 9.53 Å². The number of ether oxygens (including phenoxy) is 1. The van der Waals surface area contributed by atoms with Crippen molar-refractivity contribution >= 4 is 21.9 Å². The third-order valence-electron chi connectivity index (χ3n) is 1.53. The van der Waals surface area contributed by atoms with Crippen molar-refractivity contribution in [3.63, 3.8) is 0 Å². The van der Waals surface area contributed by atoms with Gasteiger partial charge in [-0.15, -0.1) is 0 Å². The molecule has 0 amide bonds. The molecule has 0 radical (unpaired) electrons. The molecule has 0 fully saturated rings. The Balaban J connectivity index is 4.98. The smallest absolute Gasteiger partial charge is 0.339 e. The Morgan fingerprint density at radius 1 is 1.64 bits per heavy atom. The SMILES string of the molecule is C=C/C=C(NC)\C(=C/CBr)C(=O)OC. The zero-order chi connectivity index (χ0) is 11.0. The molecular formula is C10H14BrNO2. The Morgan fingerprint density at radius 2 is 2.29 bits per heavy atom. The Bertz CT molecular complexity index is 269. The molecule has 0 unspecified atom stereocenters. The summed E-state index contributed by atoms with van der Waals surface area (Å²) in [6, 6.07) is 0. The van der Waals surface area contributed by atoms with Gasteiger partial charge < -0.3 is 10.1 Å². The van der Waals surface area contributed by atoms with Gasteiger partial charge in [-0.3, -0.25) is 0 Å². The summed E-state index contributed by atoms with van der Waals surface area (Å²) in [4.78, 5) is 11.4. The van der Waals surface area contributed by atoms with Crippen molar-refractivity contribution in [1.29, 1.82) is 0 Å². The molecule has 78 valence electrons. The lowest BCUT2D eigenvalue weighted by Crippen LogP contribution is -2.16. The second-order valence-corrected chi connectivity index (χ2v) is 2.98. The maximum absolute atomic E-state index is 11.4. The Morgan fingerprint density at radius 3 is 2.64 bits per heavy atom. The molecule has 1 N–H and O–H groups in total. The van der Waals surface area contributed by atoms with E-state index in [2.05, 4.69) is 32.6 Å². The van der Waals surface area contributed by atoms with Crippen LogP contribution in [0.1, 0.15) is 0 Å². The lowest BCUT2D eigenvalue weighted by atomic mass is 10.1. The van der Waals surface area contributed by atoms with Gasteiger partial charge in [-0.2, -0.15) is 0 Å². The molecule has 0 saturated heterocycles. The van der Waals surface area contributed by atoms with E-state index in [9.17, 15) is 4.79 Å². The van der Waals surface area contributed by atoms with Gasteiger partial charge in [0.25, 0.3) is 0 Å². The van der Waals surface area contributed by atoms with Gasteiger partial charge in [-0.05, 0) is 6.08 Å². The molecule has 0 aromatic carbocycles. The summed E-state index contributed by atoms with van der Waals surface area (Å²) in [6.07, 6.45) is 5.06. The number of esters is 1. The van der Waals surface area contributed by atoms with Gasteiger partial charge in [0.05, 0.1) is 12.7 Å². The van der Waals surface area contributed by atoms with Gasteiger partial charge in [-0.1, -0.05) is 34.7 Å². The van der Waals surface area contributed by atoms with Crippen molar-refractivity contribution in [2.24, 2.45) is 0 Å². The Kier molecular flexibility index (Phi) is 6.84. The zero-order valence-electron chi connectivity index (χ0n) is 8.34. The van der Waals surface area contributed by atoms with Gasteiger partial charge in [0, 0.05) is 18.1 Å². The van der Waals surface area contributed by atoms with Crippen molar-refractivity contribution in [3.05, 3.63) is 36.1 Å². The molecule has 14 heavy (non-hydrogen) atoms. The van der Waals surface area contributed by atoms with Crippen molar-refractivity contribution in [2.75, 3.05) is 19.5 Å². The van der Waals surface area contributed by atoms with Crippen LogP contribution in [0.3, 0.4) is 0 Å². The number of hydrogen-bond acceptors (Lipinski definition) is 3. The van der Waals surface area contributed by atoms with Crippen LogP contribution in [0.15, 0.2) is 36.1 Å². The molecule has 0 aromatic rings. The van der Waals surface area contributed by atoms with E-state index in [4.69, 9.17) is 0 Å². The fraction of sp³-hybridized carbons (Fsp3) is 0.300. The first-order valence-electron chi connectivity index (χ1n) is 4.06. The highest BCUT2D eigenvalue weighted by molar-refractivity contribution is 9.09. The number of nitrogens with one attached hydrogen (secondary N) is 1. The first-order valence-corrected chi connectivity index (χ1v) is 5.18. The van der Waals surface area contributed by atoms with E-state index in [-0.39, 0.29) is 5.97 Å². The molecule has 0 rings (SSSR count). The number of methoxy groups -OCH3 is 1. The molecule has 0 bridgehead atoms. The number of carbonyl (C=O) groups excluding carboxylic acids is 1. The predicted octanol–water partition coefficient (Wildman–Crippen LogP) is 1.77. The summed E-state index contributed by atoms with van der Waals surface area (Å²) in [6.45, 7) is 3.57. The third-order valence-corrected chi connectivity index (χ3v) is 1.85. The Hall–Kier alpha value is -1.03. The largest absolute Gasteiger partial charge is 0.465 e. The second-order valence-electron chi connectivity index (χ2n) is 2.33. The molecule has 3 nitrogen and oxygen atoms in total. The van der Waals surface area contributed by atoms with Crippen molar-refractivity contribution in [2.45, 2.75) is 0 Å². The van der Waals surface area contributed by atoms with E-state index in [1.807, 2.05) is 0 Å². The normalized spacial score (nSPS) is 12.2. The maximum Gasteiger partial charge on any atom is 0.339 e. The third kappa shape index (κ3) is 3.79. The summed E-state index contributed by atoms with van der Waals surface area (Å²) in [5.74, 6) is -0.369. The van der Waals surface area contributed by atoms with Crippen molar-refractivity contribution < 1.29 is 9.53 Å². The van der Waals surface area contributed by atoms with Crippen LogP contribution in [0, 0.1) is 0 Å². The monoisotopic (exact) mass is 259 g/mol. The highest BCUT2D eigenvalue weighted by atomic mass is 79.9. The minimum absolute atomic E-state index is 0.369. The quantitative estimate of drug-likeness (QED) is 0.354. The fourth-order valence-corrected chi connectivity index (χ4v) is 1.24. The molecular weight excluding hydrogens is 246 g/mol. The van der Waals surface area contributed by atoms with Gasteiger partial charge in [-0.25, -0.2) is 4.79 Å². The topological polar surface area (TPSA) is 38.3 Å². The number of likely N-dealkylation sites (N-methyl/N-ethyl adjacent to an activating group) is 1. The van der Waals surface area contributed by atoms with Crippen LogP contribution in [0.2, 0.25) is 0 Å². The molecule has 0 spiro atoms. The number of allylic oxidation sites excluding steroid dienone is 3. The molecule has 0 aliphatic heterocycles. The first-order chi connectivity index (χ1) is 6.71. The van der Waals surface area contributed by atoms with Crippen LogP contribution in [0.5, 0.6) is 0 Å². The maximum atomic E-state index is 11.4. The van der Waals surface area contributed by atoms with E-state index in [1.54, 1.807) is 25.3 Å². The molecule has 0 atom stereocenters. The van der Waals surface area contributed by atoms with E-state index >= 15 is 0 Å². The molecule has 0 saturated carbocycles. The van der Waals surface area contributed by atoms with Gasteiger partial charge in [0.2, 0.25) is 0 Å². The van der Waals surface area contributed by atoms with Crippen LogP contribution in [-0.4, -0.2) is 25.5 Å². The van der Waals surface area contributed by atoms with E-state index in [0.717, 1.165) is 0 Å². The predicted molar refractivity (Wildman–Crippen MR) is 61.2 cm³/mol. The minimum Gasteiger partial charge on any atom is -0.465 e. The van der Waals surface area contributed by atoms with E-state index in [1.165, 1.54) is 7.11 Å². The van der Waals surface area contributed by atoms with Gasteiger partial charge >= 0.3 is 5.97 Å². The molecule has 4 heteroatoms. The summed E-state index contributed by atoms with van der Waals surface area (Å²) >= 11 is 3.23. The summed E-state index contributed by atoms with van der Waals surface area (Å²) in [5.41, 5.74) is 1.18. The highest BCUT2D eigenvalue weighted by Gasteiger charge is 2.12. The number of rotatable bonds is 5. The van der Waals surface area contributed by atoms with Crippen LogP contribution >= 0.6 is 15.9 Å². The second kappa shape index (κ2) is 7.38. The van der Waals surface area contributed by atoms with Crippen molar-refractivity contribution in [1.82, 2.24) is 5.32 Å². The highest BCUT2D eigenvalue weighted by Crippen LogP contribution is 2.09. The lowest BCUT2D eigenvalue weighted by Gasteiger charge is -2.08. The molecule has 0 aliphatic rings. The average molecular weight is 260 g/mol. The Labute approximate surface area is 92.6 Å². The average Bonchev–Trinajstić information content (AvgIpc) is 2.22. The lowest BCUT2D eigenvalue weighted by molar-refractivity contribution is -0.135.